The highest BCUT2D eigenvalue weighted by atomic mass is 15.2. The lowest BCUT2D eigenvalue weighted by molar-refractivity contribution is 0.682. The largest absolute Gasteiger partial charge is 0.357 e. The molecule has 0 aliphatic heterocycles. The van der Waals surface area contributed by atoms with Crippen molar-refractivity contribution in [3.63, 3.8) is 0 Å². The van der Waals surface area contributed by atoms with E-state index in [1.807, 2.05) is 18.3 Å². The minimum absolute atomic E-state index is 0.745. The minimum atomic E-state index is 0.745. The fourth-order valence-electron chi connectivity index (χ4n) is 1.51. The van der Waals surface area contributed by atoms with E-state index in [4.69, 9.17) is 5.73 Å². The molecule has 0 saturated heterocycles. The Morgan fingerprint density at radius 3 is 2.67 bits per heavy atom. The van der Waals surface area contributed by atoms with Crippen molar-refractivity contribution in [3.8, 4) is 0 Å². The molecule has 15 heavy (non-hydrogen) atoms. The third-order valence-electron chi connectivity index (χ3n) is 2.39. The van der Waals surface area contributed by atoms with Crippen LogP contribution in [0, 0.1) is 0 Å². The number of pyridine rings is 1. The summed E-state index contributed by atoms with van der Waals surface area (Å²) in [5.74, 6) is 1.07. The number of hydrogen-bond donors (Lipinski definition) is 1. The standard InChI is InChI=1S/C12H21N3/c1-2-3-10-15(11-6-8-13)12-7-4-5-9-14-12/h4-5,7,9H,2-3,6,8,10-11,13H2,1H3. The summed E-state index contributed by atoms with van der Waals surface area (Å²) in [6.45, 7) is 5.04. The number of unbranched alkanes of at least 4 members (excludes halogenated alkanes) is 1. The van der Waals surface area contributed by atoms with E-state index < -0.39 is 0 Å². The van der Waals surface area contributed by atoms with E-state index in [2.05, 4.69) is 22.9 Å². The van der Waals surface area contributed by atoms with E-state index >= 15 is 0 Å². The molecule has 0 amide bonds. The number of nitrogens with zero attached hydrogens (tertiary/aromatic N) is 2. The summed E-state index contributed by atoms with van der Waals surface area (Å²) in [5, 5.41) is 0. The molecular formula is C12H21N3. The van der Waals surface area contributed by atoms with E-state index in [1.54, 1.807) is 0 Å². The van der Waals surface area contributed by atoms with Crippen LogP contribution in [0.15, 0.2) is 24.4 Å². The van der Waals surface area contributed by atoms with Crippen LogP contribution in [0.25, 0.3) is 0 Å². The van der Waals surface area contributed by atoms with Gasteiger partial charge in [0.05, 0.1) is 0 Å². The molecule has 0 aromatic carbocycles. The van der Waals surface area contributed by atoms with Gasteiger partial charge >= 0.3 is 0 Å². The Labute approximate surface area is 92.3 Å². The lowest BCUT2D eigenvalue weighted by Gasteiger charge is -2.23. The summed E-state index contributed by atoms with van der Waals surface area (Å²) in [6.07, 6.45) is 5.30. The van der Waals surface area contributed by atoms with Gasteiger partial charge in [0.25, 0.3) is 0 Å². The Morgan fingerprint density at radius 1 is 1.27 bits per heavy atom. The Morgan fingerprint density at radius 2 is 2.07 bits per heavy atom. The molecule has 2 N–H and O–H groups in total. The third-order valence-corrected chi connectivity index (χ3v) is 2.39. The van der Waals surface area contributed by atoms with Gasteiger partial charge < -0.3 is 10.6 Å². The molecule has 0 fully saturated rings. The highest BCUT2D eigenvalue weighted by Gasteiger charge is 2.05. The van der Waals surface area contributed by atoms with Crippen LogP contribution in [0.1, 0.15) is 26.2 Å². The first-order chi connectivity index (χ1) is 7.38. The zero-order valence-corrected chi connectivity index (χ0v) is 9.52. The molecule has 3 nitrogen and oxygen atoms in total. The molecule has 0 aliphatic rings. The first-order valence-electron chi connectivity index (χ1n) is 5.74. The summed E-state index contributed by atoms with van der Waals surface area (Å²) in [4.78, 5) is 6.69. The molecule has 0 unspecified atom stereocenters. The van der Waals surface area contributed by atoms with Crippen molar-refractivity contribution in [1.29, 1.82) is 0 Å². The molecule has 84 valence electrons. The van der Waals surface area contributed by atoms with E-state index in [9.17, 15) is 0 Å². The first-order valence-corrected chi connectivity index (χ1v) is 5.74. The maximum Gasteiger partial charge on any atom is 0.128 e. The number of hydrogen-bond acceptors (Lipinski definition) is 3. The lowest BCUT2D eigenvalue weighted by atomic mass is 10.3. The van der Waals surface area contributed by atoms with E-state index in [1.165, 1.54) is 12.8 Å². The molecule has 0 bridgehead atoms. The maximum absolute atomic E-state index is 5.54. The smallest absolute Gasteiger partial charge is 0.128 e. The number of anilines is 1. The van der Waals surface area contributed by atoms with Crippen LogP contribution >= 0.6 is 0 Å². The quantitative estimate of drug-likeness (QED) is 0.744. The van der Waals surface area contributed by atoms with Gasteiger partial charge in [-0.05, 0) is 31.5 Å². The average Bonchev–Trinajstić information content (AvgIpc) is 2.30. The second-order valence-corrected chi connectivity index (χ2v) is 3.67. The van der Waals surface area contributed by atoms with Gasteiger partial charge in [-0.3, -0.25) is 0 Å². The normalized spacial score (nSPS) is 10.3. The molecule has 3 heteroatoms. The maximum atomic E-state index is 5.54. The third kappa shape index (κ3) is 4.30. The van der Waals surface area contributed by atoms with Gasteiger partial charge in [-0.15, -0.1) is 0 Å². The van der Waals surface area contributed by atoms with Crippen LogP contribution in [0.3, 0.4) is 0 Å². The summed E-state index contributed by atoms with van der Waals surface area (Å²) in [5.41, 5.74) is 5.54. The van der Waals surface area contributed by atoms with Gasteiger partial charge in [0.15, 0.2) is 0 Å². The Kier molecular flexibility index (Phi) is 5.78. The molecule has 0 saturated carbocycles. The van der Waals surface area contributed by atoms with Crippen molar-refractivity contribution < 1.29 is 0 Å². The number of nitrogens with two attached hydrogens (primary N) is 1. The Bertz CT molecular complexity index is 240. The Hall–Kier alpha value is -1.09. The summed E-state index contributed by atoms with van der Waals surface area (Å²) < 4.78 is 0. The van der Waals surface area contributed by atoms with E-state index in [0.29, 0.717) is 0 Å². The predicted octanol–water partition coefficient (Wildman–Crippen LogP) is 2.04. The Balaban J connectivity index is 2.55. The van der Waals surface area contributed by atoms with E-state index in [0.717, 1.165) is 31.9 Å². The van der Waals surface area contributed by atoms with Crippen LogP contribution in [0.2, 0.25) is 0 Å². The molecule has 1 rings (SSSR count). The van der Waals surface area contributed by atoms with Crippen molar-refractivity contribution >= 4 is 5.82 Å². The van der Waals surface area contributed by atoms with Crippen LogP contribution in [-0.4, -0.2) is 24.6 Å². The highest BCUT2D eigenvalue weighted by molar-refractivity contribution is 5.37. The topological polar surface area (TPSA) is 42.1 Å². The van der Waals surface area contributed by atoms with Gasteiger partial charge in [-0.25, -0.2) is 4.98 Å². The molecule has 0 aliphatic carbocycles. The zero-order valence-electron chi connectivity index (χ0n) is 9.52. The predicted molar refractivity (Wildman–Crippen MR) is 65.0 cm³/mol. The second kappa shape index (κ2) is 7.23. The second-order valence-electron chi connectivity index (χ2n) is 3.67. The molecule has 1 aromatic heterocycles. The van der Waals surface area contributed by atoms with Crippen LogP contribution < -0.4 is 10.6 Å². The molecule has 0 atom stereocenters. The average molecular weight is 207 g/mol. The molecular weight excluding hydrogens is 186 g/mol. The summed E-state index contributed by atoms with van der Waals surface area (Å²) >= 11 is 0. The summed E-state index contributed by atoms with van der Waals surface area (Å²) in [7, 11) is 0. The SMILES string of the molecule is CCCCN(CCCN)c1ccccn1. The van der Waals surface area contributed by atoms with Crippen LogP contribution in [0.4, 0.5) is 5.82 Å². The van der Waals surface area contributed by atoms with Gasteiger partial charge in [-0.2, -0.15) is 0 Å². The van der Waals surface area contributed by atoms with Gasteiger partial charge in [-0.1, -0.05) is 19.4 Å². The van der Waals surface area contributed by atoms with Crippen molar-refractivity contribution in [2.24, 2.45) is 5.73 Å². The van der Waals surface area contributed by atoms with Crippen molar-refractivity contribution in [1.82, 2.24) is 4.98 Å². The first kappa shape index (κ1) is 12.0. The van der Waals surface area contributed by atoms with Gasteiger partial charge in [0, 0.05) is 19.3 Å². The number of rotatable bonds is 7. The zero-order chi connectivity index (χ0) is 10.9. The van der Waals surface area contributed by atoms with Crippen molar-refractivity contribution in [2.45, 2.75) is 26.2 Å². The molecule has 0 spiro atoms. The lowest BCUT2D eigenvalue weighted by Crippen LogP contribution is -2.27. The molecule has 1 heterocycles. The molecule has 0 radical (unpaired) electrons. The minimum Gasteiger partial charge on any atom is -0.357 e. The summed E-state index contributed by atoms with van der Waals surface area (Å²) in [6, 6.07) is 6.04. The monoisotopic (exact) mass is 207 g/mol. The van der Waals surface area contributed by atoms with Crippen LogP contribution in [0.5, 0.6) is 0 Å². The van der Waals surface area contributed by atoms with E-state index in [-0.39, 0.29) is 0 Å². The van der Waals surface area contributed by atoms with Crippen molar-refractivity contribution in [2.75, 3.05) is 24.5 Å². The fourth-order valence-corrected chi connectivity index (χ4v) is 1.51. The highest BCUT2D eigenvalue weighted by Crippen LogP contribution is 2.10. The molecule has 1 aromatic rings. The number of aromatic nitrogens is 1. The van der Waals surface area contributed by atoms with Gasteiger partial charge in [0.1, 0.15) is 5.82 Å². The van der Waals surface area contributed by atoms with Crippen molar-refractivity contribution in [3.05, 3.63) is 24.4 Å². The van der Waals surface area contributed by atoms with Crippen LogP contribution in [-0.2, 0) is 0 Å². The fraction of sp³-hybridized carbons (Fsp3) is 0.583. The van der Waals surface area contributed by atoms with Gasteiger partial charge in [0.2, 0.25) is 0 Å².